The zero-order valence-corrected chi connectivity index (χ0v) is 8.76. The maximum Gasteiger partial charge on any atom is 0.236 e. The number of carbonyl (C=O) groups is 2. The molecule has 4 nitrogen and oxygen atoms in total. The first-order chi connectivity index (χ1) is 5.78. The second-order valence-corrected chi connectivity index (χ2v) is 3.55. The Bertz CT molecular complexity index is 254. The van der Waals surface area contributed by atoms with E-state index < -0.39 is 5.41 Å². The van der Waals surface area contributed by atoms with Gasteiger partial charge in [0.25, 0.3) is 0 Å². The third kappa shape index (κ3) is 3.36. The van der Waals surface area contributed by atoms with Crippen molar-refractivity contribution in [2.75, 3.05) is 0 Å². The minimum atomic E-state index is -0.609. The number of carbonyl (C=O) groups excluding carboxylic acids is 2. The number of amides is 1. The number of hydrogen-bond donors (Lipinski definition) is 1. The molecule has 0 aliphatic carbocycles. The molecule has 0 rings (SSSR count). The molecule has 0 aromatic heterocycles. The van der Waals surface area contributed by atoms with Crippen LogP contribution in [0.25, 0.3) is 0 Å². The van der Waals surface area contributed by atoms with Crippen LogP contribution in [0.15, 0.2) is 5.10 Å². The van der Waals surface area contributed by atoms with Crippen LogP contribution in [0.3, 0.4) is 0 Å². The van der Waals surface area contributed by atoms with E-state index in [2.05, 4.69) is 10.5 Å². The zero-order valence-electron chi connectivity index (χ0n) is 8.76. The Kier molecular flexibility index (Phi) is 3.78. The van der Waals surface area contributed by atoms with Gasteiger partial charge in [0.15, 0.2) is 0 Å². The SMILES string of the molecule is CC(=O)N/N=C(\C)C(C)(C)C(C)=O. The summed E-state index contributed by atoms with van der Waals surface area (Å²) in [6.07, 6.45) is 0. The van der Waals surface area contributed by atoms with Crippen LogP contribution in [0.4, 0.5) is 0 Å². The van der Waals surface area contributed by atoms with E-state index in [9.17, 15) is 9.59 Å². The Morgan fingerprint density at radius 3 is 1.92 bits per heavy atom. The molecule has 13 heavy (non-hydrogen) atoms. The molecular weight excluding hydrogens is 168 g/mol. The van der Waals surface area contributed by atoms with Crippen molar-refractivity contribution in [2.45, 2.75) is 34.6 Å². The van der Waals surface area contributed by atoms with Crippen LogP contribution in [0, 0.1) is 5.41 Å². The highest BCUT2D eigenvalue weighted by Crippen LogP contribution is 2.18. The highest BCUT2D eigenvalue weighted by molar-refractivity contribution is 6.06. The molecule has 0 aliphatic rings. The molecule has 0 unspecified atom stereocenters. The first-order valence-corrected chi connectivity index (χ1v) is 4.11. The van der Waals surface area contributed by atoms with E-state index in [0.29, 0.717) is 5.71 Å². The molecule has 0 heterocycles. The van der Waals surface area contributed by atoms with E-state index in [0.717, 1.165) is 0 Å². The third-order valence-corrected chi connectivity index (χ3v) is 2.17. The molecule has 74 valence electrons. The smallest absolute Gasteiger partial charge is 0.236 e. The van der Waals surface area contributed by atoms with Crippen molar-refractivity contribution < 1.29 is 9.59 Å². The van der Waals surface area contributed by atoms with Gasteiger partial charge in [-0.25, -0.2) is 5.43 Å². The fraction of sp³-hybridized carbons (Fsp3) is 0.667. The number of ketones is 1. The quantitative estimate of drug-likeness (QED) is 0.527. The third-order valence-electron chi connectivity index (χ3n) is 2.17. The predicted octanol–water partition coefficient (Wildman–Crippen LogP) is 1.11. The lowest BCUT2D eigenvalue weighted by molar-refractivity contribution is -0.122. The summed E-state index contributed by atoms with van der Waals surface area (Å²) in [5, 5.41) is 3.81. The summed E-state index contributed by atoms with van der Waals surface area (Å²) in [5.74, 6) is -0.210. The number of hydrogen-bond acceptors (Lipinski definition) is 3. The summed E-state index contributed by atoms with van der Waals surface area (Å²) in [7, 11) is 0. The lowest BCUT2D eigenvalue weighted by atomic mass is 9.84. The summed E-state index contributed by atoms with van der Waals surface area (Å²) in [6, 6.07) is 0. The normalized spacial score (nSPS) is 12.5. The fourth-order valence-corrected chi connectivity index (χ4v) is 0.557. The van der Waals surface area contributed by atoms with E-state index in [1.54, 1.807) is 20.8 Å². The summed E-state index contributed by atoms with van der Waals surface area (Å²) in [5.41, 5.74) is 2.30. The predicted molar refractivity (Wildman–Crippen MR) is 51.4 cm³/mol. The van der Waals surface area contributed by atoms with E-state index in [-0.39, 0.29) is 11.7 Å². The number of nitrogens with one attached hydrogen (secondary N) is 1. The van der Waals surface area contributed by atoms with Gasteiger partial charge in [0, 0.05) is 12.6 Å². The molecular formula is C9H16N2O2. The Hall–Kier alpha value is -1.19. The lowest BCUT2D eigenvalue weighted by Gasteiger charge is -2.20. The molecule has 1 amide bonds. The van der Waals surface area contributed by atoms with E-state index in [1.807, 2.05) is 0 Å². The summed E-state index contributed by atoms with van der Waals surface area (Å²) in [6.45, 7) is 8.15. The fourth-order valence-electron chi connectivity index (χ4n) is 0.557. The van der Waals surface area contributed by atoms with Gasteiger partial charge in [-0.3, -0.25) is 9.59 Å². The molecule has 0 aromatic rings. The number of nitrogens with zero attached hydrogens (tertiary/aromatic N) is 1. The summed E-state index contributed by atoms with van der Waals surface area (Å²) < 4.78 is 0. The largest absolute Gasteiger partial charge is 0.299 e. The van der Waals surface area contributed by atoms with Gasteiger partial charge in [-0.05, 0) is 27.7 Å². The van der Waals surface area contributed by atoms with Crippen molar-refractivity contribution >= 4 is 17.4 Å². The average molecular weight is 184 g/mol. The highest BCUT2D eigenvalue weighted by atomic mass is 16.2. The molecule has 0 saturated heterocycles. The molecule has 0 aromatic carbocycles. The van der Waals surface area contributed by atoms with Gasteiger partial charge in [-0.2, -0.15) is 5.10 Å². The monoisotopic (exact) mass is 184 g/mol. The standard InChI is InChI=1S/C9H16N2O2/c1-6(10-11-8(3)13)9(4,5)7(2)12/h1-5H3,(H,11,13)/b10-6+. The Labute approximate surface area is 78.4 Å². The van der Waals surface area contributed by atoms with Crippen LogP contribution >= 0.6 is 0 Å². The minimum absolute atomic E-state index is 0.0269. The first kappa shape index (κ1) is 11.8. The van der Waals surface area contributed by atoms with E-state index >= 15 is 0 Å². The van der Waals surface area contributed by atoms with Crippen molar-refractivity contribution in [1.29, 1.82) is 0 Å². The average Bonchev–Trinajstić information content (AvgIpc) is 1.99. The van der Waals surface area contributed by atoms with Crippen LogP contribution in [0.5, 0.6) is 0 Å². The second-order valence-electron chi connectivity index (χ2n) is 3.55. The van der Waals surface area contributed by atoms with Crippen LogP contribution < -0.4 is 5.43 Å². The zero-order chi connectivity index (χ0) is 10.6. The lowest BCUT2D eigenvalue weighted by Crippen LogP contribution is -2.31. The molecule has 1 N–H and O–H groups in total. The van der Waals surface area contributed by atoms with Crippen molar-refractivity contribution in [3.05, 3.63) is 0 Å². The Morgan fingerprint density at radius 1 is 1.15 bits per heavy atom. The van der Waals surface area contributed by atoms with Crippen LogP contribution in [-0.4, -0.2) is 17.4 Å². The molecule has 0 atom stereocenters. The number of hydrazone groups is 1. The van der Waals surface area contributed by atoms with Crippen LogP contribution in [0.2, 0.25) is 0 Å². The van der Waals surface area contributed by atoms with E-state index in [1.165, 1.54) is 13.8 Å². The molecule has 4 heteroatoms. The Morgan fingerprint density at radius 2 is 1.62 bits per heavy atom. The Balaban J connectivity index is 4.57. The molecule has 0 spiro atoms. The molecule has 0 saturated carbocycles. The van der Waals surface area contributed by atoms with Gasteiger partial charge >= 0.3 is 0 Å². The van der Waals surface area contributed by atoms with E-state index in [4.69, 9.17) is 0 Å². The van der Waals surface area contributed by atoms with Gasteiger partial charge in [-0.1, -0.05) is 0 Å². The van der Waals surface area contributed by atoms with Gasteiger partial charge in [0.2, 0.25) is 5.91 Å². The first-order valence-electron chi connectivity index (χ1n) is 4.11. The number of rotatable bonds is 3. The van der Waals surface area contributed by atoms with Gasteiger partial charge in [0.05, 0.1) is 5.41 Å². The van der Waals surface area contributed by atoms with Gasteiger partial charge in [0.1, 0.15) is 5.78 Å². The van der Waals surface area contributed by atoms with Crippen molar-refractivity contribution in [1.82, 2.24) is 5.43 Å². The van der Waals surface area contributed by atoms with Crippen molar-refractivity contribution in [3.8, 4) is 0 Å². The second kappa shape index (κ2) is 4.16. The highest BCUT2D eigenvalue weighted by Gasteiger charge is 2.27. The molecule has 0 fully saturated rings. The maximum absolute atomic E-state index is 11.2. The van der Waals surface area contributed by atoms with Crippen LogP contribution in [0.1, 0.15) is 34.6 Å². The molecule has 0 radical (unpaired) electrons. The summed E-state index contributed by atoms with van der Waals surface area (Å²) >= 11 is 0. The molecule has 0 aliphatic heterocycles. The van der Waals surface area contributed by atoms with Crippen LogP contribution in [-0.2, 0) is 9.59 Å². The van der Waals surface area contributed by atoms with Gasteiger partial charge < -0.3 is 0 Å². The van der Waals surface area contributed by atoms with Crippen molar-refractivity contribution in [3.63, 3.8) is 0 Å². The minimum Gasteiger partial charge on any atom is -0.299 e. The van der Waals surface area contributed by atoms with Gasteiger partial charge in [-0.15, -0.1) is 0 Å². The summed E-state index contributed by atoms with van der Waals surface area (Å²) in [4.78, 5) is 21.7. The number of Topliss-reactive ketones (excluding diaryl/α,β-unsaturated/α-hetero) is 1. The van der Waals surface area contributed by atoms with Crippen molar-refractivity contribution in [2.24, 2.45) is 10.5 Å². The maximum atomic E-state index is 11.2. The topological polar surface area (TPSA) is 58.5 Å². The molecule has 0 bridgehead atoms.